The van der Waals surface area contributed by atoms with Crippen LogP contribution in [0.5, 0.6) is 0 Å². The highest BCUT2D eigenvalue weighted by Gasteiger charge is 1.99. The van der Waals surface area contributed by atoms with Gasteiger partial charge in [0.2, 0.25) is 0 Å². The number of aliphatic hydroxyl groups excluding tert-OH is 1. The van der Waals surface area contributed by atoms with Crippen molar-refractivity contribution in [2.24, 2.45) is 0 Å². The van der Waals surface area contributed by atoms with Crippen molar-refractivity contribution in [2.75, 3.05) is 0 Å². The number of aliphatic carboxylic acids is 1. The smallest absolute Gasteiger partial charge is 0.303 e. The summed E-state index contributed by atoms with van der Waals surface area (Å²) in [5, 5.41) is 18.3. The number of carboxylic acid groups (broad SMARTS) is 1. The minimum Gasteiger partial charge on any atom is -0.481 e. The maximum Gasteiger partial charge on any atom is 0.303 e. The summed E-state index contributed by atoms with van der Waals surface area (Å²) in [7, 11) is 0. The molecule has 0 amide bonds. The predicted octanol–water partition coefficient (Wildman–Crippen LogP) is 4.86. The van der Waals surface area contributed by atoms with Gasteiger partial charge in [-0.25, -0.2) is 0 Å². The number of hydrogen-bond donors (Lipinski definition) is 2. The van der Waals surface area contributed by atoms with Gasteiger partial charge in [-0.05, 0) is 25.7 Å². The van der Waals surface area contributed by atoms with Gasteiger partial charge in [0.25, 0.3) is 0 Å². The minimum atomic E-state index is -0.710. The predicted molar refractivity (Wildman–Crippen MR) is 88.4 cm³/mol. The van der Waals surface area contributed by atoms with E-state index in [0.29, 0.717) is 0 Å². The highest BCUT2D eigenvalue weighted by molar-refractivity contribution is 5.66. The first-order valence-electron chi connectivity index (χ1n) is 8.40. The second kappa shape index (κ2) is 15.3. The van der Waals surface area contributed by atoms with Gasteiger partial charge >= 0.3 is 5.97 Å². The fourth-order valence-electron chi connectivity index (χ4n) is 2.14. The molecule has 0 heterocycles. The van der Waals surface area contributed by atoms with Gasteiger partial charge in [0.1, 0.15) is 0 Å². The summed E-state index contributed by atoms with van der Waals surface area (Å²) >= 11 is 0. The van der Waals surface area contributed by atoms with Crippen LogP contribution >= 0.6 is 0 Å². The lowest BCUT2D eigenvalue weighted by Gasteiger charge is -2.04. The summed E-state index contributed by atoms with van der Waals surface area (Å²) in [5.41, 5.74) is 0. The highest BCUT2D eigenvalue weighted by atomic mass is 16.4. The van der Waals surface area contributed by atoms with E-state index in [0.717, 1.165) is 44.9 Å². The fraction of sp³-hybridized carbons (Fsp3) is 0.722. The van der Waals surface area contributed by atoms with Crippen molar-refractivity contribution < 1.29 is 15.0 Å². The minimum absolute atomic E-state index is 0.274. The largest absolute Gasteiger partial charge is 0.481 e. The molecule has 0 spiro atoms. The number of carboxylic acids is 1. The molecule has 0 radical (unpaired) electrons. The van der Waals surface area contributed by atoms with Crippen LogP contribution in [0.4, 0.5) is 0 Å². The molecule has 2 N–H and O–H groups in total. The molecule has 0 aromatic rings. The van der Waals surface area contributed by atoms with Gasteiger partial charge in [-0.2, -0.15) is 0 Å². The van der Waals surface area contributed by atoms with E-state index in [1.807, 2.05) is 18.2 Å². The van der Waals surface area contributed by atoms with E-state index in [4.69, 9.17) is 5.11 Å². The van der Waals surface area contributed by atoms with E-state index >= 15 is 0 Å². The molecule has 0 aromatic carbocycles. The fourth-order valence-corrected chi connectivity index (χ4v) is 2.14. The van der Waals surface area contributed by atoms with E-state index < -0.39 is 5.97 Å². The summed E-state index contributed by atoms with van der Waals surface area (Å²) in [6.45, 7) is 2.20. The maximum absolute atomic E-state index is 10.3. The Balaban J connectivity index is 3.40. The summed E-state index contributed by atoms with van der Waals surface area (Å²) in [4.78, 5) is 10.3. The molecule has 0 aliphatic carbocycles. The summed E-state index contributed by atoms with van der Waals surface area (Å²) in [5.74, 6) is -0.710. The number of hydrogen-bond acceptors (Lipinski definition) is 2. The third kappa shape index (κ3) is 16.9. The van der Waals surface area contributed by atoms with Gasteiger partial charge in [0, 0.05) is 6.42 Å². The lowest BCUT2D eigenvalue weighted by atomic mass is 10.1. The molecule has 0 bridgehead atoms. The zero-order chi connectivity index (χ0) is 15.8. The molecule has 21 heavy (non-hydrogen) atoms. The van der Waals surface area contributed by atoms with E-state index in [2.05, 4.69) is 13.0 Å². The quantitative estimate of drug-likeness (QED) is 0.355. The van der Waals surface area contributed by atoms with Crippen LogP contribution in [0.1, 0.15) is 77.6 Å². The van der Waals surface area contributed by atoms with Crippen molar-refractivity contribution >= 4 is 5.97 Å². The molecule has 0 fully saturated rings. The van der Waals surface area contributed by atoms with Crippen molar-refractivity contribution in [3.8, 4) is 0 Å². The van der Waals surface area contributed by atoms with E-state index in [1.165, 1.54) is 19.3 Å². The van der Waals surface area contributed by atoms with Gasteiger partial charge in [-0.15, -0.1) is 0 Å². The van der Waals surface area contributed by atoms with Crippen molar-refractivity contribution in [2.45, 2.75) is 83.7 Å². The summed E-state index contributed by atoms with van der Waals surface area (Å²) in [6, 6.07) is 0. The number of rotatable bonds is 14. The van der Waals surface area contributed by atoms with Crippen molar-refractivity contribution in [1.82, 2.24) is 0 Å². The van der Waals surface area contributed by atoms with Crippen molar-refractivity contribution in [3.63, 3.8) is 0 Å². The number of carbonyl (C=O) groups is 1. The molecule has 0 aliphatic heterocycles. The monoisotopic (exact) mass is 296 g/mol. The van der Waals surface area contributed by atoms with Gasteiger partial charge in [-0.1, -0.05) is 69.8 Å². The van der Waals surface area contributed by atoms with Crippen LogP contribution in [0.25, 0.3) is 0 Å². The maximum atomic E-state index is 10.3. The van der Waals surface area contributed by atoms with E-state index in [1.54, 1.807) is 0 Å². The molecule has 0 aliphatic rings. The molecule has 3 heteroatoms. The first-order chi connectivity index (χ1) is 10.2. The Morgan fingerprint density at radius 1 is 1.00 bits per heavy atom. The average molecular weight is 296 g/mol. The molecule has 0 saturated heterocycles. The topological polar surface area (TPSA) is 57.5 Å². The van der Waals surface area contributed by atoms with Crippen LogP contribution in [0.3, 0.4) is 0 Å². The first-order valence-corrected chi connectivity index (χ1v) is 8.40. The third-order valence-corrected chi connectivity index (χ3v) is 3.45. The average Bonchev–Trinajstić information content (AvgIpc) is 2.45. The molecule has 3 nitrogen and oxygen atoms in total. The molecule has 122 valence electrons. The number of aliphatic hydroxyl groups is 1. The summed E-state index contributed by atoms with van der Waals surface area (Å²) in [6.07, 6.45) is 18.4. The molecule has 1 atom stereocenters. The van der Waals surface area contributed by atoms with Gasteiger partial charge in [0.15, 0.2) is 0 Å². The summed E-state index contributed by atoms with van der Waals surface area (Å²) < 4.78 is 0. The van der Waals surface area contributed by atoms with Gasteiger partial charge in [0.05, 0.1) is 6.10 Å². The van der Waals surface area contributed by atoms with Crippen LogP contribution in [0, 0.1) is 0 Å². The Bertz CT molecular complexity index is 295. The zero-order valence-corrected chi connectivity index (χ0v) is 13.5. The Kier molecular flexibility index (Phi) is 14.5. The molecule has 0 saturated carbocycles. The van der Waals surface area contributed by atoms with Crippen LogP contribution in [0.15, 0.2) is 24.3 Å². The molecule has 0 unspecified atom stereocenters. The molecule has 0 aromatic heterocycles. The number of unbranched alkanes of at least 4 members (excludes halogenated alkanes) is 7. The first kappa shape index (κ1) is 19.9. The standard InChI is InChI=1S/C18H32O3/c1-2-3-4-5-6-8-11-14-17(19)15-12-9-7-10-13-16-18(20)21/h6,8,11,14,17,19H,2-5,7,9-10,12-13,15-16H2,1H3,(H,20,21)/t17-/m0/s1. The lowest BCUT2D eigenvalue weighted by Crippen LogP contribution is -2.01. The van der Waals surface area contributed by atoms with Crippen molar-refractivity contribution in [3.05, 3.63) is 24.3 Å². The zero-order valence-electron chi connectivity index (χ0n) is 13.5. The van der Waals surface area contributed by atoms with Crippen LogP contribution in [-0.4, -0.2) is 22.3 Å². The Morgan fingerprint density at radius 2 is 1.71 bits per heavy atom. The normalized spacial score (nSPS) is 13.2. The van der Waals surface area contributed by atoms with E-state index in [-0.39, 0.29) is 12.5 Å². The van der Waals surface area contributed by atoms with Crippen molar-refractivity contribution in [1.29, 1.82) is 0 Å². The van der Waals surface area contributed by atoms with Crippen LogP contribution < -0.4 is 0 Å². The molecular formula is C18H32O3. The van der Waals surface area contributed by atoms with Crippen LogP contribution in [0.2, 0.25) is 0 Å². The second-order valence-electron chi connectivity index (χ2n) is 5.58. The third-order valence-electron chi connectivity index (χ3n) is 3.45. The SMILES string of the molecule is CCCCCC=CC=C[C@H](O)CCCCCCCC(=O)O. The molecular weight excluding hydrogens is 264 g/mol. The number of allylic oxidation sites excluding steroid dienone is 3. The lowest BCUT2D eigenvalue weighted by molar-refractivity contribution is -0.137. The van der Waals surface area contributed by atoms with E-state index in [9.17, 15) is 9.90 Å². The van der Waals surface area contributed by atoms with Gasteiger partial charge < -0.3 is 10.2 Å². The Hall–Kier alpha value is -1.09. The Labute approximate surface area is 129 Å². The van der Waals surface area contributed by atoms with Gasteiger partial charge in [-0.3, -0.25) is 4.79 Å². The Morgan fingerprint density at radius 3 is 2.43 bits per heavy atom. The second-order valence-corrected chi connectivity index (χ2v) is 5.58. The van der Waals surface area contributed by atoms with Crippen LogP contribution in [-0.2, 0) is 4.79 Å². The molecule has 0 rings (SSSR count). The highest BCUT2D eigenvalue weighted by Crippen LogP contribution is 2.09.